The Kier molecular flexibility index (Phi) is 3.73. The highest BCUT2D eigenvalue weighted by molar-refractivity contribution is 5.75. The lowest BCUT2D eigenvalue weighted by atomic mass is 9.95. The number of hydrogen-bond donors (Lipinski definition) is 1. The average Bonchev–Trinajstić information content (AvgIpc) is 2.53. The standard InChI is InChI=1S/C17H19N3O2/c1-19(2)20(3)17(21)18-16-12-8-4-6-10-14(12)22-15-11-7-5-9-13(15)16/h4-11,16H,1-3H3,(H,18,21). The van der Waals surface area contributed by atoms with Gasteiger partial charge in [0.25, 0.3) is 0 Å². The van der Waals surface area contributed by atoms with Crippen molar-refractivity contribution in [3.05, 3.63) is 59.7 Å². The summed E-state index contributed by atoms with van der Waals surface area (Å²) in [6.45, 7) is 0. The van der Waals surface area contributed by atoms with Crippen LogP contribution in [-0.2, 0) is 0 Å². The maximum absolute atomic E-state index is 12.4. The van der Waals surface area contributed by atoms with E-state index in [0.29, 0.717) is 0 Å². The molecule has 1 N–H and O–H groups in total. The Morgan fingerprint density at radius 3 is 1.95 bits per heavy atom. The van der Waals surface area contributed by atoms with Crippen molar-refractivity contribution in [2.75, 3.05) is 21.1 Å². The molecule has 0 fully saturated rings. The first-order valence-electron chi connectivity index (χ1n) is 7.15. The smallest absolute Gasteiger partial charge is 0.332 e. The van der Waals surface area contributed by atoms with Gasteiger partial charge in [0.2, 0.25) is 0 Å². The highest BCUT2D eigenvalue weighted by Gasteiger charge is 2.29. The van der Waals surface area contributed by atoms with Gasteiger partial charge in [0, 0.05) is 32.3 Å². The molecule has 0 spiro atoms. The minimum absolute atomic E-state index is 0.165. The predicted octanol–water partition coefficient (Wildman–Crippen LogP) is 3.00. The van der Waals surface area contributed by atoms with Crippen molar-refractivity contribution >= 4 is 6.03 Å². The summed E-state index contributed by atoms with van der Waals surface area (Å²) in [5.41, 5.74) is 1.92. The van der Waals surface area contributed by atoms with E-state index >= 15 is 0 Å². The van der Waals surface area contributed by atoms with Gasteiger partial charge in [-0.25, -0.2) is 9.80 Å². The zero-order valence-electron chi connectivity index (χ0n) is 12.9. The third kappa shape index (κ3) is 2.51. The maximum atomic E-state index is 12.4. The first-order chi connectivity index (χ1) is 10.6. The molecule has 2 aromatic rings. The molecule has 2 aromatic carbocycles. The Balaban J connectivity index is 1.98. The predicted molar refractivity (Wildman–Crippen MR) is 84.8 cm³/mol. The lowest BCUT2D eigenvalue weighted by molar-refractivity contribution is 0.0867. The minimum atomic E-state index is -0.226. The zero-order chi connectivity index (χ0) is 15.7. The van der Waals surface area contributed by atoms with Crippen LogP contribution in [-0.4, -0.2) is 37.2 Å². The van der Waals surface area contributed by atoms with Crippen LogP contribution >= 0.6 is 0 Å². The number of amides is 2. The second kappa shape index (κ2) is 5.69. The van der Waals surface area contributed by atoms with Gasteiger partial charge >= 0.3 is 6.03 Å². The van der Waals surface area contributed by atoms with Crippen LogP contribution in [0.1, 0.15) is 17.2 Å². The van der Waals surface area contributed by atoms with Gasteiger partial charge < -0.3 is 10.1 Å². The Morgan fingerprint density at radius 2 is 1.45 bits per heavy atom. The van der Waals surface area contributed by atoms with Crippen molar-refractivity contribution in [3.63, 3.8) is 0 Å². The van der Waals surface area contributed by atoms with E-state index in [-0.39, 0.29) is 12.1 Å². The van der Waals surface area contributed by atoms with Crippen molar-refractivity contribution in [1.29, 1.82) is 0 Å². The largest absolute Gasteiger partial charge is 0.457 e. The fraction of sp³-hybridized carbons (Fsp3) is 0.235. The Morgan fingerprint density at radius 1 is 0.955 bits per heavy atom. The normalized spacial score (nSPS) is 13.1. The molecular weight excluding hydrogens is 278 g/mol. The van der Waals surface area contributed by atoms with E-state index in [2.05, 4.69) is 5.32 Å². The molecular formula is C17H19N3O2. The number of ether oxygens (including phenoxy) is 1. The van der Waals surface area contributed by atoms with Crippen LogP contribution in [0.4, 0.5) is 4.79 Å². The summed E-state index contributed by atoms with van der Waals surface area (Å²) in [4.78, 5) is 12.4. The molecule has 0 radical (unpaired) electrons. The van der Waals surface area contributed by atoms with E-state index in [9.17, 15) is 4.79 Å². The topological polar surface area (TPSA) is 44.8 Å². The van der Waals surface area contributed by atoms with Crippen molar-refractivity contribution in [1.82, 2.24) is 15.3 Å². The van der Waals surface area contributed by atoms with Crippen molar-refractivity contribution < 1.29 is 9.53 Å². The number of hydrogen-bond acceptors (Lipinski definition) is 3. The number of rotatable bonds is 2. The van der Waals surface area contributed by atoms with Gasteiger partial charge in [0.1, 0.15) is 11.5 Å². The Bertz CT molecular complexity index is 654. The van der Waals surface area contributed by atoms with Gasteiger partial charge in [-0.3, -0.25) is 5.01 Å². The summed E-state index contributed by atoms with van der Waals surface area (Å²) in [6.07, 6.45) is 0. The van der Waals surface area contributed by atoms with Crippen LogP contribution in [0.5, 0.6) is 11.5 Å². The third-order valence-electron chi connectivity index (χ3n) is 3.84. The van der Waals surface area contributed by atoms with Crippen LogP contribution in [0.3, 0.4) is 0 Å². The van der Waals surface area contributed by atoms with Crippen molar-refractivity contribution in [2.45, 2.75) is 6.04 Å². The number of para-hydroxylation sites is 2. The molecule has 114 valence electrons. The van der Waals surface area contributed by atoms with Gasteiger partial charge in [-0.2, -0.15) is 0 Å². The first kappa shape index (κ1) is 14.4. The van der Waals surface area contributed by atoms with Gasteiger partial charge in [0.15, 0.2) is 0 Å². The van der Waals surface area contributed by atoms with Crippen LogP contribution in [0.15, 0.2) is 48.5 Å². The highest BCUT2D eigenvalue weighted by Crippen LogP contribution is 2.42. The van der Waals surface area contributed by atoms with Gasteiger partial charge in [-0.1, -0.05) is 36.4 Å². The molecule has 0 saturated heterocycles. The monoisotopic (exact) mass is 297 g/mol. The number of hydrazine groups is 1. The number of benzene rings is 2. The van der Waals surface area contributed by atoms with Gasteiger partial charge in [0.05, 0.1) is 6.04 Å². The lowest BCUT2D eigenvalue weighted by Gasteiger charge is -2.31. The molecule has 2 amide bonds. The van der Waals surface area contributed by atoms with Crippen LogP contribution in [0.2, 0.25) is 0 Å². The Hall–Kier alpha value is -2.53. The van der Waals surface area contributed by atoms with E-state index in [1.807, 2.05) is 62.6 Å². The van der Waals surface area contributed by atoms with Crippen molar-refractivity contribution in [3.8, 4) is 11.5 Å². The molecule has 1 aliphatic rings. The molecule has 22 heavy (non-hydrogen) atoms. The van der Waals surface area contributed by atoms with Gasteiger partial charge in [-0.15, -0.1) is 0 Å². The highest BCUT2D eigenvalue weighted by atomic mass is 16.5. The fourth-order valence-corrected chi connectivity index (χ4v) is 2.46. The summed E-state index contributed by atoms with van der Waals surface area (Å²) in [7, 11) is 5.38. The van der Waals surface area contributed by atoms with Crippen LogP contribution in [0.25, 0.3) is 0 Å². The number of carbonyl (C=O) groups excluding carboxylic acids is 1. The van der Waals surface area contributed by atoms with Crippen LogP contribution in [0, 0.1) is 0 Å². The maximum Gasteiger partial charge on any atom is 0.332 e. The summed E-state index contributed by atoms with van der Waals surface area (Å²) in [5, 5.41) is 6.33. The van der Waals surface area contributed by atoms with E-state index in [1.165, 1.54) is 5.01 Å². The van der Waals surface area contributed by atoms with E-state index in [4.69, 9.17) is 4.74 Å². The fourth-order valence-electron chi connectivity index (χ4n) is 2.46. The molecule has 0 aromatic heterocycles. The molecule has 5 heteroatoms. The minimum Gasteiger partial charge on any atom is -0.457 e. The van der Waals surface area contributed by atoms with E-state index < -0.39 is 0 Å². The second-order valence-corrected chi connectivity index (χ2v) is 5.43. The summed E-state index contributed by atoms with van der Waals surface area (Å²) >= 11 is 0. The third-order valence-corrected chi connectivity index (χ3v) is 3.84. The second-order valence-electron chi connectivity index (χ2n) is 5.43. The average molecular weight is 297 g/mol. The summed E-state index contributed by atoms with van der Waals surface area (Å²) in [6, 6.07) is 15.2. The lowest BCUT2D eigenvalue weighted by Crippen LogP contribution is -2.46. The molecule has 1 aliphatic heterocycles. The summed E-state index contributed by atoms with van der Waals surface area (Å²) in [5.74, 6) is 1.55. The van der Waals surface area contributed by atoms with Crippen LogP contribution < -0.4 is 10.1 Å². The molecule has 0 bridgehead atoms. The molecule has 1 heterocycles. The SMILES string of the molecule is CN(C)N(C)C(=O)NC1c2ccccc2Oc2ccccc21. The van der Waals surface area contributed by atoms with E-state index in [0.717, 1.165) is 22.6 Å². The number of urea groups is 1. The number of carbonyl (C=O) groups is 1. The zero-order valence-corrected chi connectivity index (χ0v) is 12.9. The Labute approximate surface area is 130 Å². The van der Waals surface area contributed by atoms with Crippen molar-refractivity contribution in [2.24, 2.45) is 0 Å². The number of nitrogens with one attached hydrogen (secondary N) is 1. The first-order valence-corrected chi connectivity index (χ1v) is 7.15. The molecule has 0 unspecified atom stereocenters. The quantitative estimate of drug-likeness (QED) is 0.867. The molecule has 0 atom stereocenters. The molecule has 5 nitrogen and oxygen atoms in total. The van der Waals surface area contributed by atoms with E-state index in [1.54, 1.807) is 12.1 Å². The number of fused-ring (bicyclic) bond motifs is 2. The summed E-state index contributed by atoms with van der Waals surface area (Å²) < 4.78 is 5.92. The number of nitrogens with zero attached hydrogens (tertiary/aromatic N) is 2. The molecule has 0 aliphatic carbocycles. The van der Waals surface area contributed by atoms with Gasteiger partial charge in [-0.05, 0) is 12.1 Å². The molecule has 3 rings (SSSR count). The molecule has 0 saturated carbocycles.